The van der Waals surface area contributed by atoms with Crippen LogP contribution in [-0.4, -0.2) is 53.5 Å². The van der Waals surface area contributed by atoms with Crippen molar-refractivity contribution in [3.63, 3.8) is 0 Å². The van der Waals surface area contributed by atoms with Crippen molar-refractivity contribution in [2.75, 3.05) is 12.9 Å². The van der Waals surface area contributed by atoms with Crippen molar-refractivity contribution in [2.45, 2.75) is 30.6 Å². The second-order valence-corrected chi connectivity index (χ2v) is 8.30. The van der Waals surface area contributed by atoms with Crippen LogP contribution in [0.3, 0.4) is 0 Å². The molecule has 26 heavy (non-hydrogen) atoms. The highest BCUT2D eigenvalue weighted by Gasteiger charge is 2.43. The third kappa shape index (κ3) is 5.87. The Bertz CT molecular complexity index is 855. The fourth-order valence-electron chi connectivity index (χ4n) is 1.99. The van der Waals surface area contributed by atoms with E-state index >= 15 is 0 Å². The molecular formula is C18H21NO6S. The number of aryl methyl sites for hydroxylation is 1. The molecule has 4 N–H and O–H groups in total. The van der Waals surface area contributed by atoms with Gasteiger partial charge in [-0.05, 0) is 49.3 Å². The number of carbonyl (C=O) groups excluding carboxylic acids is 1. The minimum atomic E-state index is -3.73. The highest BCUT2D eigenvalue weighted by Crippen LogP contribution is 2.23. The zero-order chi connectivity index (χ0) is 19.8. The Labute approximate surface area is 152 Å². The van der Waals surface area contributed by atoms with Gasteiger partial charge in [0.1, 0.15) is 10.9 Å². The van der Waals surface area contributed by atoms with Crippen LogP contribution in [-0.2, 0) is 21.1 Å². The van der Waals surface area contributed by atoms with E-state index in [-0.39, 0.29) is 6.42 Å². The number of amides is 1. The minimum Gasteiger partial charge on any atom is -0.393 e. The van der Waals surface area contributed by atoms with Crippen molar-refractivity contribution in [3.05, 3.63) is 35.4 Å². The lowest BCUT2D eigenvalue weighted by Crippen LogP contribution is -2.49. The molecule has 0 aliphatic carbocycles. The molecule has 1 amide bonds. The van der Waals surface area contributed by atoms with Gasteiger partial charge in [0.2, 0.25) is 0 Å². The maximum atomic E-state index is 11.9. The largest absolute Gasteiger partial charge is 0.393 e. The predicted molar refractivity (Wildman–Crippen MR) is 95.7 cm³/mol. The molecule has 0 aromatic heterocycles. The molecule has 1 aromatic rings. The highest BCUT2D eigenvalue weighted by molar-refractivity contribution is 7.92. The second-order valence-electron chi connectivity index (χ2n) is 5.86. The summed E-state index contributed by atoms with van der Waals surface area (Å²) in [7, 11) is -3.73. The summed E-state index contributed by atoms with van der Waals surface area (Å²) in [5, 5.41) is 26.5. The van der Waals surface area contributed by atoms with Gasteiger partial charge in [-0.25, -0.2) is 13.9 Å². The van der Waals surface area contributed by atoms with Gasteiger partial charge in [0, 0.05) is 11.8 Å². The Morgan fingerprint density at radius 3 is 2.38 bits per heavy atom. The van der Waals surface area contributed by atoms with E-state index in [1.54, 1.807) is 24.3 Å². The van der Waals surface area contributed by atoms with Crippen LogP contribution in [0.15, 0.2) is 24.3 Å². The van der Waals surface area contributed by atoms with E-state index in [1.807, 2.05) is 0 Å². The maximum absolute atomic E-state index is 11.9. The molecule has 0 fully saturated rings. The summed E-state index contributed by atoms with van der Waals surface area (Å²) in [6.07, 6.45) is 0.156. The maximum Gasteiger partial charge on any atom is 0.264 e. The van der Waals surface area contributed by atoms with Crippen LogP contribution in [0.5, 0.6) is 0 Å². The second kappa shape index (κ2) is 9.37. The van der Waals surface area contributed by atoms with Crippen molar-refractivity contribution in [3.8, 4) is 23.7 Å². The van der Waals surface area contributed by atoms with Crippen molar-refractivity contribution in [1.29, 1.82) is 0 Å². The Kier molecular flexibility index (Phi) is 7.81. The molecule has 0 aliphatic rings. The Balaban J connectivity index is 2.83. The number of sulfone groups is 1. The molecule has 1 aromatic carbocycles. The summed E-state index contributed by atoms with van der Waals surface area (Å²) >= 11 is 0. The molecule has 0 aliphatic heterocycles. The molecule has 140 valence electrons. The molecule has 8 heteroatoms. The van der Waals surface area contributed by atoms with E-state index in [4.69, 9.17) is 15.4 Å². The average Bonchev–Trinajstić information content (AvgIpc) is 2.62. The fourth-order valence-corrected chi connectivity index (χ4v) is 2.85. The van der Waals surface area contributed by atoms with E-state index in [0.29, 0.717) is 12.0 Å². The van der Waals surface area contributed by atoms with Gasteiger partial charge in [-0.3, -0.25) is 10.0 Å². The lowest BCUT2D eigenvalue weighted by atomic mass is 9.99. The monoisotopic (exact) mass is 379 g/mol. The van der Waals surface area contributed by atoms with Gasteiger partial charge in [0.25, 0.3) is 5.91 Å². The summed E-state index contributed by atoms with van der Waals surface area (Å²) in [4.78, 5) is 11.8. The standard InChI is InChI=1S/C18H21NO6S/c1-18(17(22)19-23,26(2,24)25)12-11-15-9-7-14(8-10-15)5-3-4-6-16(21)13-20/h7-10,16,20-21,23H,11-13H2,1-2H3,(H,19,22). The Morgan fingerprint density at radius 2 is 1.88 bits per heavy atom. The molecule has 0 saturated carbocycles. The van der Waals surface area contributed by atoms with E-state index in [1.165, 1.54) is 12.4 Å². The first-order chi connectivity index (χ1) is 12.1. The van der Waals surface area contributed by atoms with Crippen molar-refractivity contribution >= 4 is 15.7 Å². The number of hydroxylamine groups is 1. The van der Waals surface area contributed by atoms with Crippen LogP contribution < -0.4 is 5.48 Å². The number of hydrogen-bond acceptors (Lipinski definition) is 6. The first-order valence-corrected chi connectivity index (χ1v) is 9.56. The quantitative estimate of drug-likeness (QED) is 0.304. The van der Waals surface area contributed by atoms with Crippen molar-refractivity contribution in [2.24, 2.45) is 0 Å². The van der Waals surface area contributed by atoms with E-state index in [9.17, 15) is 13.2 Å². The first kappa shape index (κ1) is 21.7. The van der Waals surface area contributed by atoms with Crippen LogP contribution >= 0.6 is 0 Å². The lowest BCUT2D eigenvalue weighted by molar-refractivity contribution is -0.131. The molecule has 0 radical (unpaired) electrons. The smallest absolute Gasteiger partial charge is 0.264 e. The topological polar surface area (TPSA) is 124 Å². The van der Waals surface area contributed by atoms with Crippen LogP contribution in [0.25, 0.3) is 0 Å². The Hall–Kier alpha value is -2.36. The van der Waals surface area contributed by atoms with Gasteiger partial charge in [-0.15, -0.1) is 0 Å². The molecule has 7 nitrogen and oxygen atoms in total. The fraction of sp³-hybridized carbons (Fsp3) is 0.389. The normalized spacial score (nSPS) is 14.0. The number of carbonyl (C=O) groups is 1. The first-order valence-electron chi connectivity index (χ1n) is 7.67. The lowest BCUT2D eigenvalue weighted by Gasteiger charge is -2.25. The average molecular weight is 379 g/mol. The van der Waals surface area contributed by atoms with Gasteiger partial charge >= 0.3 is 0 Å². The third-order valence-corrected chi connectivity index (χ3v) is 5.95. The molecule has 2 unspecified atom stereocenters. The van der Waals surface area contributed by atoms with Crippen molar-refractivity contribution in [1.82, 2.24) is 5.48 Å². The van der Waals surface area contributed by atoms with Crippen LogP contribution in [0, 0.1) is 23.7 Å². The SMILES string of the molecule is CC(CCc1ccc(C#CC#CC(O)CO)cc1)(C(=O)NO)S(C)(=O)=O. The zero-order valence-electron chi connectivity index (χ0n) is 14.5. The molecule has 2 atom stereocenters. The summed E-state index contributed by atoms with van der Waals surface area (Å²) in [6.45, 7) is 0.817. The molecule has 0 bridgehead atoms. The number of rotatable bonds is 6. The number of hydrogen-bond donors (Lipinski definition) is 4. The zero-order valence-corrected chi connectivity index (χ0v) is 15.3. The molecule has 0 spiro atoms. The van der Waals surface area contributed by atoms with Gasteiger partial charge in [-0.1, -0.05) is 24.0 Å². The van der Waals surface area contributed by atoms with Crippen molar-refractivity contribution < 1.29 is 28.6 Å². The number of aliphatic hydroxyl groups excluding tert-OH is 2. The van der Waals surface area contributed by atoms with Gasteiger partial charge in [0.05, 0.1) is 6.61 Å². The predicted octanol–water partition coefficient (Wildman–Crippen LogP) is -0.364. The molecule has 0 heterocycles. The highest BCUT2D eigenvalue weighted by atomic mass is 32.2. The van der Waals surface area contributed by atoms with Crippen LogP contribution in [0.2, 0.25) is 0 Å². The summed E-state index contributed by atoms with van der Waals surface area (Å²) < 4.78 is 22.1. The number of aliphatic hydroxyl groups is 2. The van der Waals surface area contributed by atoms with Crippen LogP contribution in [0.4, 0.5) is 0 Å². The van der Waals surface area contributed by atoms with Crippen LogP contribution in [0.1, 0.15) is 24.5 Å². The van der Waals surface area contributed by atoms with E-state index in [2.05, 4.69) is 23.7 Å². The molecular weight excluding hydrogens is 358 g/mol. The minimum absolute atomic E-state index is 0.00771. The molecule has 1 rings (SSSR count). The summed E-state index contributed by atoms with van der Waals surface area (Å²) in [6, 6.07) is 6.94. The summed E-state index contributed by atoms with van der Waals surface area (Å²) in [5.74, 6) is 9.11. The number of benzene rings is 1. The third-order valence-electron chi connectivity index (χ3n) is 3.93. The number of nitrogens with one attached hydrogen (secondary N) is 1. The van der Waals surface area contributed by atoms with Gasteiger partial charge in [0.15, 0.2) is 9.84 Å². The van der Waals surface area contributed by atoms with E-state index < -0.39 is 33.2 Å². The van der Waals surface area contributed by atoms with Gasteiger partial charge in [-0.2, -0.15) is 0 Å². The van der Waals surface area contributed by atoms with E-state index in [0.717, 1.165) is 11.8 Å². The molecule has 0 saturated heterocycles. The Morgan fingerprint density at radius 1 is 1.27 bits per heavy atom. The summed E-state index contributed by atoms with van der Waals surface area (Å²) in [5.41, 5.74) is 2.89. The van der Waals surface area contributed by atoms with Gasteiger partial charge < -0.3 is 10.2 Å².